The van der Waals surface area contributed by atoms with Crippen molar-refractivity contribution in [2.75, 3.05) is 33.4 Å². The van der Waals surface area contributed by atoms with E-state index < -0.39 is 0 Å². The van der Waals surface area contributed by atoms with Crippen LogP contribution in [0, 0.1) is 0 Å². The van der Waals surface area contributed by atoms with E-state index in [2.05, 4.69) is 4.90 Å². The number of ether oxygens (including phenoxy) is 1. The highest BCUT2D eigenvalue weighted by Crippen LogP contribution is 2.22. The summed E-state index contributed by atoms with van der Waals surface area (Å²) in [5.41, 5.74) is 7.08. The van der Waals surface area contributed by atoms with Crippen LogP contribution < -0.4 is 5.73 Å². The van der Waals surface area contributed by atoms with Gasteiger partial charge in [-0.25, -0.2) is 0 Å². The van der Waals surface area contributed by atoms with E-state index in [0.717, 1.165) is 43.0 Å². The van der Waals surface area contributed by atoms with Crippen molar-refractivity contribution in [2.24, 2.45) is 5.73 Å². The normalized spacial score (nSPS) is 13.3. The minimum absolute atomic E-state index is 0.112. The molecule has 2 aromatic rings. The average molecular weight is 262 g/mol. The zero-order chi connectivity index (χ0) is 13.7. The second-order valence-electron chi connectivity index (χ2n) is 4.75. The summed E-state index contributed by atoms with van der Waals surface area (Å²) in [6.07, 6.45) is 0. The molecule has 0 bridgehead atoms. The van der Waals surface area contributed by atoms with Crippen molar-refractivity contribution in [3.63, 3.8) is 0 Å². The smallest absolute Gasteiger partial charge is 0.134 e. The monoisotopic (exact) mass is 262 g/mol. The van der Waals surface area contributed by atoms with E-state index in [0.29, 0.717) is 0 Å². The Morgan fingerprint density at radius 3 is 2.89 bits per heavy atom. The summed E-state index contributed by atoms with van der Waals surface area (Å²) < 4.78 is 11.1. The third-order valence-electron chi connectivity index (χ3n) is 3.14. The van der Waals surface area contributed by atoms with E-state index in [1.165, 1.54) is 0 Å². The van der Waals surface area contributed by atoms with E-state index in [4.69, 9.17) is 14.9 Å². The molecule has 0 aliphatic heterocycles. The third-order valence-corrected chi connectivity index (χ3v) is 3.14. The molecule has 1 heterocycles. The van der Waals surface area contributed by atoms with Gasteiger partial charge in [0.25, 0.3) is 0 Å². The number of hydrogen-bond donors (Lipinski definition) is 1. The summed E-state index contributed by atoms with van der Waals surface area (Å²) in [6, 6.07) is 9.88. The quantitative estimate of drug-likeness (QED) is 0.778. The van der Waals surface area contributed by atoms with E-state index >= 15 is 0 Å². The van der Waals surface area contributed by atoms with E-state index in [1.807, 2.05) is 44.3 Å². The molecule has 1 unspecified atom stereocenters. The summed E-state index contributed by atoms with van der Waals surface area (Å²) in [7, 11) is 2.04. The number of likely N-dealkylation sites (N-methyl/N-ethyl adjacent to an activating group) is 1. The van der Waals surface area contributed by atoms with Gasteiger partial charge in [0.05, 0.1) is 12.6 Å². The van der Waals surface area contributed by atoms with Gasteiger partial charge in [-0.3, -0.25) is 0 Å². The molecule has 2 rings (SSSR count). The molecule has 0 aliphatic rings. The Labute approximate surface area is 114 Å². The van der Waals surface area contributed by atoms with Crippen molar-refractivity contribution in [2.45, 2.75) is 13.0 Å². The second kappa shape index (κ2) is 6.70. The molecule has 0 saturated heterocycles. The van der Waals surface area contributed by atoms with Crippen LogP contribution in [0.25, 0.3) is 11.0 Å². The molecule has 4 heteroatoms. The fourth-order valence-corrected chi connectivity index (χ4v) is 2.07. The van der Waals surface area contributed by atoms with Gasteiger partial charge in [-0.2, -0.15) is 0 Å². The zero-order valence-corrected chi connectivity index (χ0v) is 11.6. The Morgan fingerprint density at radius 1 is 1.37 bits per heavy atom. The van der Waals surface area contributed by atoms with Crippen LogP contribution in [0.2, 0.25) is 0 Å². The Kier molecular flexibility index (Phi) is 4.96. The van der Waals surface area contributed by atoms with Crippen molar-refractivity contribution in [3.05, 3.63) is 36.1 Å². The molecular formula is C15H22N2O2. The van der Waals surface area contributed by atoms with Crippen molar-refractivity contribution in [1.82, 2.24) is 4.90 Å². The van der Waals surface area contributed by atoms with Gasteiger partial charge in [0.2, 0.25) is 0 Å². The lowest BCUT2D eigenvalue weighted by Gasteiger charge is -2.19. The molecule has 0 aliphatic carbocycles. The van der Waals surface area contributed by atoms with Crippen LogP contribution in [0.5, 0.6) is 0 Å². The first kappa shape index (κ1) is 14.1. The minimum atomic E-state index is -0.112. The van der Waals surface area contributed by atoms with Crippen LogP contribution in [0.15, 0.2) is 34.7 Å². The molecule has 0 amide bonds. The van der Waals surface area contributed by atoms with Crippen molar-refractivity contribution in [3.8, 4) is 0 Å². The van der Waals surface area contributed by atoms with Gasteiger partial charge >= 0.3 is 0 Å². The molecule has 0 spiro atoms. The molecular weight excluding hydrogens is 240 g/mol. The Hall–Kier alpha value is -1.36. The third kappa shape index (κ3) is 3.80. The molecule has 19 heavy (non-hydrogen) atoms. The van der Waals surface area contributed by atoms with E-state index in [9.17, 15) is 0 Å². The number of nitrogens with two attached hydrogens (primary N) is 1. The zero-order valence-electron chi connectivity index (χ0n) is 11.6. The molecule has 4 nitrogen and oxygen atoms in total. The van der Waals surface area contributed by atoms with E-state index in [1.54, 1.807) is 0 Å². The number of furan rings is 1. The summed E-state index contributed by atoms with van der Waals surface area (Å²) in [5.74, 6) is 0.837. The van der Waals surface area contributed by atoms with Crippen LogP contribution in [0.4, 0.5) is 0 Å². The van der Waals surface area contributed by atoms with Crippen molar-refractivity contribution in [1.29, 1.82) is 0 Å². The highest BCUT2D eigenvalue weighted by Gasteiger charge is 2.13. The van der Waals surface area contributed by atoms with Crippen molar-refractivity contribution >= 4 is 11.0 Å². The number of rotatable bonds is 7. The van der Waals surface area contributed by atoms with Gasteiger partial charge < -0.3 is 19.8 Å². The first-order chi connectivity index (χ1) is 9.20. The standard InChI is InChI=1S/C15H22N2O2/c1-3-18-9-8-17(2)11-13(16)15-10-12-6-4-5-7-14(12)19-15/h4-7,10,13H,3,8-9,11,16H2,1-2H3. The largest absolute Gasteiger partial charge is 0.459 e. The van der Waals surface area contributed by atoms with Gasteiger partial charge in [-0.05, 0) is 26.1 Å². The SMILES string of the molecule is CCOCCN(C)CC(N)c1cc2ccccc2o1. The first-order valence-electron chi connectivity index (χ1n) is 6.71. The number of hydrogen-bond acceptors (Lipinski definition) is 4. The maximum atomic E-state index is 6.19. The lowest BCUT2D eigenvalue weighted by atomic mass is 10.2. The predicted molar refractivity (Wildman–Crippen MR) is 77.1 cm³/mol. The van der Waals surface area contributed by atoms with E-state index in [-0.39, 0.29) is 6.04 Å². The highest BCUT2D eigenvalue weighted by atomic mass is 16.5. The number of benzene rings is 1. The lowest BCUT2D eigenvalue weighted by Crippen LogP contribution is -2.31. The molecule has 0 fully saturated rings. The Balaban J connectivity index is 1.93. The van der Waals surface area contributed by atoms with Gasteiger partial charge in [0.15, 0.2) is 0 Å². The molecule has 104 valence electrons. The number of fused-ring (bicyclic) bond motifs is 1. The molecule has 2 N–H and O–H groups in total. The molecule has 0 saturated carbocycles. The summed E-state index contributed by atoms with van der Waals surface area (Å²) >= 11 is 0. The van der Waals surface area contributed by atoms with Crippen LogP contribution in [-0.4, -0.2) is 38.3 Å². The minimum Gasteiger partial charge on any atom is -0.459 e. The number of para-hydroxylation sites is 1. The summed E-state index contributed by atoms with van der Waals surface area (Å²) in [5, 5.41) is 1.10. The van der Waals surface area contributed by atoms with Crippen LogP contribution >= 0.6 is 0 Å². The maximum Gasteiger partial charge on any atom is 0.134 e. The first-order valence-corrected chi connectivity index (χ1v) is 6.71. The maximum absolute atomic E-state index is 6.19. The summed E-state index contributed by atoms with van der Waals surface area (Å²) in [6.45, 7) is 5.12. The topological polar surface area (TPSA) is 51.6 Å². The van der Waals surface area contributed by atoms with Gasteiger partial charge in [-0.15, -0.1) is 0 Å². The van der Waals surface area contributed by atoms with Crippen LogP contribution in [0.1, 0.15) is 18.7 Å². The van der Waals surface area contributed by atoms with Crippen LogP contribution in [-0.2, 0) is 4.74 Å². The number of nitrogens with zero attached hydrogens (tertiary/aromatic N) is 1. The molecule has 1 aromatic heterocycles. The Bertz CT molecular complexity index is 477. The second-order valence-corrected chi connectivity index (χ2v) is 4.75. The highest BCUT2D eigenvalue weighted by molar-refractivity contribution is 5.77. The van der Waals surface area contributed by atoms with Gasteiger partial charge in [0, 0.05) is 25.1 Å². The van der Waals surface area contributed by atoms with Gasteiger partial charge in [-0.1, -0.05) is 18.2 Å². The van der Waals surface area contributed by atoms with Crippen LogP contribution in [0.3, 0.4) is 0 Å². The lowest BCUT2D eigenvalue weighted by molar-refractivity contribution is 0.119. The molecule has 0 radical (unpaired) electrons. The fourth-order valence-electron chi connectivity index (χ4n) is 2.07. The van der Waals surface area contributed by atoms with Gasteiger partial charge in [0.1, 0.15) is 11.3 Å². The van der Waals surface area contributed by atoms with Crippen molar-refractivity contribution < 1.29 is 9.15 Å². The Morgan fingerprint density at radius 2 is 2.16 bits per heavy atom. The summed E-state index contributed by atoms with van der Waals surface area (Å²) in [4.78, 5) is 2.16. The molecule has 1 atom stereocenters. The molecule has 1 aromatic carbocycles. The average Bonchev–Trinajstić information content (AvgIpc) is 2.83. The predicted octanol–water partition coefficient (Wildman–Crippen LogP) is 2.40. The fraction of sp³-hybridized carbons (Fsp3) is 0.467.